The van der Waals surface area contributed by atoms with Gasteiger partial charge in [0.25, 0.3) is 0 Å². The van der Waals surface area contributed by atoms with Crippen molar-refractivity contribution in [2.45, 2.75) is 27.2 Å². The third kappa shape index (κ3) is 4.79. The molecule has 1 aromatic heterocycles. The van der Waals surface area contributed by atoms with Gasteiger partial charge in [0.1, 0.15) is 23.3 Å². The standard InChI is InChI=1S/C21H23FN4/c1-14-10-15(2)12-18(11-14)26-21-13-20(24-16(3)25-21)23-9-8-17-6-4-5-7-19(17)22/h4-7,10-13H,8-9H2,1-3H3,(H2,23,24,25,26). The molecule has 0 radical (unpaired) electrons. The Bertz CT molecular complexity index is 888. The highest BCUT2D eigenvalue weighted by atomic mass is 19.1. The van der Waals surface area contributed by atoms with Crippen LogP contribution >= 0.6 is 0 Å². The fourth-order valence-corrected chi connectivity index (χ4v) is 2.94. The minimum atomic E-state index is -0.176. The number of hydrogen-bond acceptors (Lipinski definition) is 4. The zero-order valence-electron chi connectivity index (χ0n) is 15.3. The van der Waals surface area contributed by atoms with Crippen molar-refractivity contribution in [3.8, 4) is 0 Å². The Morgan fingerprint density at radius 3 is 2.31 bits per heavy atom. The summed E-state index contributed by atoms with van der Waals surface area (Å²) in [6, 6.07) is 15.0. The smallest absolute Gasteiger partial charge is 0.136 e. The van der Waals surface area contributed by atoms with E-state index in [1.807, 2.05) is 19.1 Å². The second-order valence-corrected chi connectivity index (χ2v) is 6.46. The number of aromatic nitrogens is 2. The van der Waals surface area contributed by atoms with Crippen LogP contribution in [-0.2, 0) is 6.42 Å². The summed E-state index contributed by atoms with van der Waals surface area (Å²) in [5.41, 5.74) is 4.08. The molecule has 0 amide bonds. The number of benzene rings is 2. The van der Waals surface area contributed by atoms with E-state index in [9.17, 15) is 4.39 Å². The molecule has 2 aromatic carbocycles. The lowest BCUT2D eigenvalue weighted by Gasteiger charge is -2.11. The molecule has 3 rings (SSSR count). The molecule has 0 saturated heterocycles. The van der Waals surface area contributed by atoms with Gasteiger partial charge < -0.3 is 10.6 Å². The van der Waals surface area contributed by atoms with E-state index in [2.05, 4.69) is 52.6 Å². The number of halogens is 1. The van der Waals surface area contributed by atoms with Crippen LogP contribution in [0.5, 0.6) is 0 Å². The van der Waals surface area contributed by atoms with Gasteiger partial charge in [-0.3, -0.25) is 0 Å². The molecule has 0 aliphatic rings. The van der Waals surface area contributed by atoms with E-state index in [1.54, 1.807) is 12.1 Å². The van der Waals surface area contributed by atoms with Gasteiger partial charge in [0.2, 0.25) is 0 Å². The largest absolute Gasteiger partial charge is 0.370 e. The van der Waals surface area contributed by atoms with E-state index in [4.69, 9.17) is 0 Å². The van der Waals surface area contributed by atoms with Crippen molar-refractivity contribution in [1.29, 1.82) is 0 Å². The van der Waals surface area contributed by atoms with Crippen LogP contribution in [0.25, 0.3) is 0 Å². The summed E-state index contributed by atoms with van der Waals surface area (Å²) in [6.07, 6.45) is 0.593. The number of nitrogens with one attached hydrogen (secondary N) is 2. The molecule has 0 atom stereocenters. The molecule has 0 spiro atoms. The van der Waals surface area contributed by atoms with E-state index in [-0.39, 0.29) is 5.82 Å². The highest BCUT2D eigenvalue weighted by molar-refractivity contribution is 5.60. The van der Waals surface area contributed by atoms with Gasteiger partial charge in [0, 0.05) is 18.3 Å². The van der Waals surface area contributed by atoms with Crippen LogP contribution < -0.4 is 10.6 Å². The lowest BCUT2D eigenvalue weighted by Crippen LogP contribution is -2.09. The van der Waals surface area contributed by atoms with Gasteiger partial charge in [-0.15, -0.1) is 0 Å². The highest BCUT2D eigenvalue weighted by Crippen LogP contribution is 2.20. The minimum absolute atomic E-state index is 0.176. The Labute approximate surface area is 153 Å². The highest BCUT2D eigenvalue weighted by Gasteiger charge is 2.05. The minimum Gasteiger partial charge on any atom is -0.370 e. The van der Waals surface area contributed by atoms with E-state index in [0.717, 1.165) is 17.3 Å². The number of hydrogen-bond donors (Lipinski definition) is 2. The maximum Gasteiger partial charge on any atom is 0.136 e. The topological polar surface area (TPSA) is 49.8 Å². The predicted molar refractivity (Wildman–Crippen MR) is 105 cm³/mol. The normalized spacial score (nSPS) is 10.6. The predicted octanol–water partition coefficient (Wildman–Crippen LogP) is 4.94. The third-order valence-corrected chi connectivity index (χ3v) is 3.99. The van der Waals surface area contributed by atoms with Crippen LogP contribution in [0.15, 0.2) is 48.5 Å². The molecule has 1 heterocycles. The number of rotatable bonds is 6. The Morgan fingerprint density at radius 1 is 0.885 bits per heavy atom. The van der Waals surface area contributed by atoms with Crippen LogP contribution in [0.1, 0.15) is 22.5 Å². The molecule has 3 aromatic rings. The van der Waals surface area contributed by atoms with Crippen LogP contribution in [-0.4, -0.2) is 16.5 Å². The molecule has 0 saturated carbocycles. The lowest BCUT2D eigenvalue weighted by molar-refractivity contribution is 0.610. The van der Waals surface area contributed by atoms with Crippen molar-refractivity contribution >= 4 is 17.3 Å². The van der Waals surface area contributed by atoms with Crippen molar-refractivity contribution in [2.75, 3.05) is 17.2 Å². The zero-order chi connectivity index (χ0) is 18.5. The van der Waals surface area contributed by atoms with Crippen LogP contribution in [0.4, 0.5) is 21.7 Å². The first-order valence-corrected chi connectivity index (χ1v) is 8.68. The van der Waals surface area contributed by atoms with E-state index in [0.29, 0.717) is 24.4 Å². The Balaban J connectivity index is 1.68. The summed E-state index contributed by atoms with van der Waals surface area (Å²) in [5.74, 6) is 1.95. The average Bonchev–Trinajstić information content (AvgIpc) is 2.55. The van der Waals surface area contributed by atoms with E-state index < -0.39 is 0 Å². The maximum atomic E-state index is 13.7. The average molecular weight is 350 g/mol. The van der Waals surface area contributed by atoms with Crippen molar-refractivity contribution in [1.82, 2.24) is 9.97 Å². The third-order valence-electron chi connectivity index (χ3n) is 3.99. The monoisotopic (exact) mass is 350 g/mol. The molecule has 0 aliphatic carbocycles. The molecular weight excluding hydrogens is 327 g/mol. The van der Waals surface area contributed by atoms with Gasteiger partial charge >= 0.3 is 0 Å². The van der Waals surface area contributed by atoms with Crippen molar-refractivity contribution in [3.63, 3.8) is 0 Å². The van der Waals surface area contributed by atoms with Crippen LogP contribution in [0, 0.1) is 26.6 Å². The molecule has 0 bridgehead atoms. The van der Waals surface area contributed by atoms with Gasteiger partial charge in [-0.2, -0.15) is 0 Å². The summed E-state index contributed by atoms with van der Waals surface area (Å²) in [7, 11) is 0. The van der Waals surface area contributed by atoms with Crippen LogP contribution in [0.3, 0.4) is 0 Å². The second-order valence-electron chi connectivity index (χ2n) is 6.46. The number of nitrogens with zero attached hydrogens (tertiary/aromatic N) is 2. The lowest BCUT2D eigenvalue weighted by atomic mass is 10.1. The molecule has 5 heteroatoms. The quantitative estimate of drug-likeness (QED) is 0.661. The van der Waals surface area contributed by atoms with Gasteiger partial charge in [0.15, 0.2) is 0 Å². The fraction of sp³-hybridized carbons (Fsp3) is 0.238. The van der Waals surface area contributed by atoms with Crippen molar-refractivity contribution in [2.24, 2.45) is 0 Å². The first-order chi connectivity index (χ1) is 12.5. The summed E-state index contributed by atoms with van der Waals surface area (Å²) >= 11 is 0. The molecule has 0 fully saturated rings. The first-order valence-electron chi connectivity index (χ1n) is 8.68. The summed E-state index contributed by atoms with van der Waals surface area (Å²) in [5, 5.41) is 6.59. The Hall–Kier alpha value is -2.95. The molecule has 2 N–H and O–H groups in total. The fourth-order valence-electron chi connectivity index (χ4n) is 2.94. The first kappa shape index (κ1) is 17.9. The zero-order valence-corrected chi connectivity index (χ0v) is 15.3. The molecule has 26 heavy (non-hydrogen) atoms. The van der Waals surface area contributed by atoms with E-state index >= 15 is 0 Å². The number of aryl methyl sites for hydroxylation is 3. The van der Waals surface area contributed by atoms with Crippen LogP contribution in [0.2, 0.25) is 0 Å². The van der Waals surface area contributed by atoms with Gasteiger partial charge in [-0.05, 0) is 62.1 Å². The maximum absolute atomic E-state index is 13.7. The SMILES string of the molecule is Cc1cc(C)cc(Nc2cc(NCCc3ccccc3F)nc(C)n2)c1. The molecule has 0 unspecified atom stereocenters. The van der Waals surface area contributed by atoms with Crippen molar-refractivity contribution in [3.05, 3.63) is 76.9 Å². The van der Waals surface area contributed by atoms with Crippen molar-refractivity contribution < 1.29 is 4.39 Å². The summed E-state index contributed by atoms with van der Waals surface area (Å²) < 4.78 is 13.7. The van der Waals surface area contributed by atoms with Gasteiger partial charge in [-0.25, -0.2) is 14.4 Å². The molecule has 134 valence electrons. The van der Waals surface area contributed by atoms with Gasteiger partial charge in [-0.1, -0.05) is 24.3 Å². The molecule has 4 nitrogen and oxygen atoms in total. The molecule has 0 aliphatic heterocycles. The summed E-state index contributed by atoms with van der Waals surface area (Å²) in [6.45, 7) is 6.59. The Morgan fingerprint density at radius 2 is 1.58 bits per heavy atom. The number of anilines is 3. The van der Waals surface area contributed by atoms with E-state index in [1.165, 1.54) is 17.2 Å². The Kier molecular flexibility index (Phi) is 5.46. The second kappa shape index (κ2) is 7.95. The summed E-state index contributed by atoms with van der Waals surface area (Å²) in [4.78, 5) is 8.85. The van der Waals surface area contributed by atoms with Gasteiger partial charge in [0.05, 0.1) is 0 Å². The molecular formula is C21H23FN4.